The predicted octanol–water partition coefficient (Wildman–Crippen LogP) is 0.519. The number of benzene rings is 1. The van der Waals surface area contributed by atoms with Gasteiger partial charge in [0.05, 0.1) is 4.92 Å². The minimum absolute atomic E-state index is 0.0688. The summed E-state index contributed by atoms with van der Waals surface area (Å²) in [5, 5.41) is 10.5. The van der Waals surface area contributed by atoms with Crippen molar-refractivity contribution in [3.63, 3.8) is 0 Å². The van der Waals surface area contributed by atoms with E-state index in [9.17, 15) is 19.7 Å². The van der Waals surface area contributed by atoms with Crippen molar-refractivity contribution >= 4 is 23.5 Å². The second-order valence-corrected chi connectivity index (χ2v) is 3.83. The number of nitro groups is 1. The van der Waals surface area contributed by atoms with Gasteiger partial charge in [0.25, 0.3) is 11.6 Å². The molecule has 4 N–H and O–H groups in total. The van der Waals surface area contributed by atoms with Crippen molar-refractivity contribution in [2.24, 2.45) is 5.73 Å². The predicted molar refractivity (Wildman–Crippen MR) is 69.7 cm³/mol. The monoisotopic (exact) mass is 291 g/mol. The Kier molecular flexibility index (Phi) is 3.52. The van der Waals surface area contributed by atoms with Gasteiger partial charge in [-0.05, 0) is 12.1 Å². The number of non-ortho nitro benzene ring substituents is 1. The number of nitrogens with zero attached hydrogens (tertiary/aromatic N) is 3. The molecule has 0 saturated heterocycles. The number of amides is 1. The van der Waals surface area contributed by atoms with Gasteiger partial charge >= 0.3 is 6.09 Å². The van der Waals surface area contributed by atoms with E-state index in [1.54, 1.807) is 0 Å². The Morgan fingerprint density at radius 2 is 1.90 bits per heavy atom. The molecule has 0 aliphatic heterocycles. The van der Waals surface area contributed by atoms with Crippen molar-refractivity contribution < 1.29 is 19.2 Å². The van der Waals surface area contributed by atoms with Crippen LogP contribution in [0.4, 0.5) is 16.3 Å². The number of imidazole rings is 1. The van der Waals surface area contributed by atoms with Crippen molar-refractivity contribution in [1.29, 1.82) is 0 Å². The second-order valence-electron chi connectivity index (χ2n) is 3.83. The summed E-state index contributed by atoms with van der Waals surface area (Å²) in [5.74, 6) is -1.07. The van der Waals surface area contributed by atoms with Crippen molar-refractivity contribution in [3.8, 4) is 5.75 Å². The standard InChI is InChI=1S/C11H9N5O5/c12-9-8(10(13)17)14-5-15(9)11(18)21-7-3-1-6(2-4-7)16(19)20/h1-5H,12H2,(H2,13,17). The zero-order valence-electron chi connectivity index (χ0n) is 10.4. The van der Waals surface area contributed by atoms with Crippen LogP contribution < -0.4 is 16.2 Å². The van der Waals surface area contributed by atoms with E-state index in [1.165, 1.54) is 24.3 Å². The third-order valence-corrected chi connectivity index (χ3v) is 2.49. The number of carbonyl (C=O) groups is 2. The van der Waals surface area contributed by atoms with Gasteiger partial charge in [0, 0.05) is 12.1 Å². The molecule has 0 aliphatic rings. The Morgan fingerprint density at radius 1 is 1.29 bits per heavy atom. The maximum absolute atomic E-state index is 11.8. The van der Waals surface area contributed by atoms with Gasteiger partial charge < -0.3 is 16.2 Å². The van der Waals surface area contributed by atoms with E-state index in [-0.39, 0.29) is 22.9 Å². The smallest absolute Gasteiger partial charge is 0.410 e. The maximum Gasteiger partial charge on any atom is 0.426 e. The zero-order chi connectivity index (χ0) is 15.6. The van der Waals surface area contributed by atoms with E-state index in [2.05, 4.69) is 4.98 Å². The molecule has 21 heavy (non-hydrogen) atoms. The average molecular weight is 291 g/mol. The highest BCUT2D eigenvalue weighted by Crippen LogP contribution is 2.18. The van der Waals surface area contributed by atoms with Crippen LogP contribution in [0.2, 0.25) is 0 Å². The highest BCUT2D eigenvalue weighted by molar-refractivity contribution is 5.96. The number of anilines is 1. The summed E-state index contributed by atoms with van der Waals surface area (Å²) < 4.78 is 5.73. The molecule has 0 aliphatic carbocycles. The number of ether oxygens (including phenoxy) is 1. The summed E-state index contributed by atoms with van der Waals surface area (Å²) in [6, 6.07) is 4.85. The molecule has 0 radical (unpaired) electrons. The number of aromatic nitrogens is 2. The molecule has 2 aromatic rings. The van der Waals surface area contributed by atoms with Gasteiger partial charge in [0.1, 0.15) is 17.9 Å². The van der Waals surface area contributed by atoms with E-state index in [0.29, 0.717) is 0 Å². The Balaban J connectivity index is 2.18. The summed E-state index contributed by atoms with van der Waals surface area (Å²) in [5.41, 5.74) is 10.1. The van der Waals surface area contributed by atoms with E-state index in [4.69, 9.17) is 16.2 Å². The number of hydrogen-bond donors (Lipinski definition) is 2. The molecule has 0 unspecified atom stereocenters. The number of carbonyl (C=O) groups excluding carboxylic acids is 2. The summed E-state index contributed by atoms with van der Waals surface area (Å²) in [6.45, 7) is 0. The zero-order valence-corrected chi connectivity index (χ0v) is 10.4. The third-order valence-electron chi connectivity index (χ3n) is 2.49. The van der Waals surface area contributed by atoms with Crippen LogP contribution in [-0.4, -0.2) is 26.5 Å². The van der Waals surface area contributed by atoms with Crippen LogP contribution in [-0.2, 0) is 0 Å². The topological polar surface area (TPSA) is 156 Å². The molecule has 108 valence electrons. The Bertz CT molecular complexity index is 721. The van der Waals surface area contributed by atoms with Crippen LogP contribution in [0.1, 0.15) is 10.5 Å². The summed E-state index contributed by atoms with van der Waals surface area (Å²) in [6.07, 6.45) is 0.0599. The first-order chi connectivity index (χ1) is 9.90. The van der Waals surface area contributed by atoms with Gasteiger partial charge in [-0.2, -0.15) is 0 Å². The van der Waals surface area contributed by atoms with Crippen molar-refractivity contribution in [1.82, 2.24) is 9.55 Å². The number of primary amides is 1. The van der Waals surface area contributed by atoms with Crippen LogP contribution >= 0.6 is 0 Å². The molecule has 1 aromatic carbocycles. The molecule has 2 rings (SSSR count). The van der Waals surface area contributed by atoms with Crippen LogP contribution in [0, 0.1) is 10.1 Å². The summed E-state index contributed by atoms with van der Waals surface area (Å²) >= 11 is 0. The van der Waals surface area contributed by atoms with Gasteiger partial charge in [-0.3, -0.25) is 14.9 Å². The highest BCUT2D eigenvalue weighted by Gasteiger charge is 2.18. The van der Waals surface area contributed by atoms with Crippen LogP contribution in [0.5, 0.6) is 5.75 Å². The largest absolute Gasteiger partial charge is 0.426 e. The first-order valence-electron chi connectivity index (χ1n) is 5.49. The molecule has 0 fully saturated rings. The van der Waals surface area contributed by atoms with Crippen LogP contribution in [0.25, 0.3) is 0 Å². The summed E-state index contributed by atoms with van der Waals surface area (Å²) in [7, 11) is 0. The Labute approximate surface area is 117 Å². The molecular weight excluding hydrogens is 282 g/mol. The van der Waals surface area contributed by atoms with Gasteiger partial charge in [0.2, 0.25) is 0 Å². The second kappa shape index (κ2) is 5.28. The number of rotatable bonds is 3. The minimum Gasteiger partial charge on any atom is -0.410 e. The van der Waals surface area contributed by atoms with Crippen molar-refractivity contribution in [3.05, 3.63) is 46.4 Å². The molecule has 10 heteroatoms. The molecule has 0 bridgehead atoms. The lowest BCUT2D eigenvalue weighted by Gasteiger charge is -2.05. The van der Waals surface area contributed by atoms with Crippen molar-refractivity contribution in [2.45, 2.75) is 0 Å². The van der Waals surface area contributed by atoms with Gasteiger partial charge in [-0.15, -0.1) is 0 Å². The van der Waals surface area contributed by atoms with Crippen LogP contribution in [0.3, 0.4) is 0 Å². The van der Waals surface area contributed by atoms with Gasteiger partial charge in [0.15, 0.2) is 5.69 Å². The fourth-order valence-corrected chi connectivity index (χ4v) is 1.48. The molecule has 0 atom stereocenters. The molecule has 0 spiro atoms. The molecule has 10 nitrogen and oxygen atoms in total. The summed E-state index contributed by atoms with van der Waals surface area (Å²) in [4.78, 5) is 36.3. The highest BCUT2D eigenvalue weighted by atomic mass is 16.6. The molecule has 0 saturated carbocycles. The van der Waals surface area contributed by atoms with E-state index >= 15 is 0 Å². The Hall–Kier alpha value is -3.43. The minimum atomic E-state index is -0.929. The lowest BCUT2D eigenvalue weighted by atomic mass is 10.3. The number of nitrogens with two attached hydrogens (primary N) is 2. The molecular formula is C11H9N5O5. The number of nitrogen functional groups attached to an aromatic ring is 1. The lowest BCUT2D eigenvalue weighted by molar-refractivity contribution is -0.384. The molecule has 1 amide bonds. The first kappa shape index (κ1) is 14.0. The van der Waals surface area contributed by atoms with E-state index in [0.717, 1.165) is 10.9 Å². The van der Waals surface area contributed by atoms with Gasteiger partial charge in [-0.1, -0.05) is 0 Å². The Morgan fingerprint density at radius 3 is 2.38 bits per heavy atom. The third kappa shape index (κ3) is 2.78. The van der Waals surface area contributed by atoms with Gasteiger partial charge in [-0.25, -0.2) is 14.3 Å². The fourth-order valence-electron chi connectivity index (χ4n) is 1.48. The quantitative estimate of drug-likeness (QED) is 0.616. The van der Waals surface area contributed by atoms with Crippen molar-refractivity contribution in [2.75, 3.05) is 5.73 Å². The van der Waals surface area contributed by atoms with Crippen LogP contribution in [0.15, 0.2) is 30.6 Å². The molecule has 1 heterocycles. The normalized spacial score (nSPS) is 10.1. The average Bonchev–Trinajstić information content (AvgIpc) is 2.81. The fraction of sp³-hybridized carbons (Fsp3) is 0. The lowest BCUT2D eigenvalue weighted by Crippen LogP contribution is -2.20. The number of hydrogen-bond acceptors (Lipinski definition) is 7. The molecule has 1 aromatic heterocycles. The first-order valence-corrected chi connectivity index (χ1v) is 5.49. The van der Waals surface area contributed by atoms with E-state index < -0.39 is 16.9 Å². The van der Waals surface area contributed by atoms with E-state index in [1.807, 2.05) is 0 Å². The number of nitro benzene ring substituents is 1. The maximum atomic E-state index is 11.8. The SMILES string of the molecule is NC(=O)c1ncn(C(=O)Oc2ccc([N+](=O)[O-])cc2)c1N.